The first kappa shape index (κ1) is 17.4. The Morgan fingerprint density at radius 3 is 2.87 bits per heavy atom. The third kappa shape index (κ3) is 5.33. The third-order valence-corrected chi connectivity index (χ3v) is 4.09. The number of carboxylic acids is 1. The van der Waals surface area contributed by atoms with E-state index in [-0.39, 0.29) is 18.4 Å². The summed E-state index contributed by atoms with van der Waals surface area (Å²) in [6.45, 7) is 3.27. The van der Waals surface area contributed by atoms with Gasteiger partial charge in [-0.3, -0.25) is 4.79 Å². The van der Waals surface area contributed by atoms with Crippen LogP contribution in [0.4, 0.5) is 5.69 Å². The number of para-hydroxylation sites is 1. The topological polar surface area (TPSA) is 95.1 Å². The number of hydrogen-bond acceptors (Lipinski definition) is 4. The number of rotatable bonds is 8. The van der Waals surface area contributed by atoms with Gasteiger partial charge in [0.25, 0.3) is 0 Å². The van der Waals surface area contributed by atoms with Crippen molar-refractivity contribution < 1.29 is 24.7 Å². The fourth-order valence-electron chi connectivity index (χ4n) is 2.76. The maximum atomic E-state index is 12.1. The lowest BCUT2D eigenvalue weighted by Crippen LogP contribution is -2.94. The van der Waals surface area contributed by atoms with Crippen molar-refractivity contribution in [3.63, 3.8) is 0 Å². The molecule has 3 N–H and O–H groups in total. The third-order valence-electron chi connectivity index (χ3n) is 4.09. The molecule has 0 spiro atoms. The van der Waals surface area contributed by atoms with Crippen LogP contribution in [-0.2, 0) is 20.7 Å². The zero-order valence-corrected chi connectivity index (χ0v) is 13.4. The molecule has 1 heterocycles. The second kappa shape index (κ2) is 8.64. The minimum Gasteiger partial charge on any atom is -0.544 e. The van der Waals surface area contributed by atoms with Gasteiger partial charge < -0.3 is 25.3 Å². The van der Waals surface area contributed by atoms with Crippen LogP contribution < -0.4 is 15.7 Å². The molecule has 2 rings (SSSR count). The van der Waals surface area contributed by atoms with Crippen LogP contribution in [0.3, 0.4) is 0 Å². The molecule has 1 aliphatic heterocycles. The largest absolute Gasteiger partial charge is 0.544 e. The predicted molar refractivity (Wildman–Crippen MR) is 83.6 cm³/mol. The summed E-state index contributed by atoms with van der Waals surface area (Å²) in [7, 11) is 0. The minimum atomic E-state index is -1.22. The van der Waals surface area contributed by atoms with Crippen LogP contribution in [0.1, 0.15) is 31.7 Å². The van der Waals surface area contributed by atoms with Crippen LogP contribution in [0, 0.1) is 0 Å². The van der Waals surface area contributed by atoms with Crippen LogP contribution in [0.15, 0.2) is 24.3 Å². The Labute approximate surface area is 136 Å². The lowest BCUT2D eigenvalue weighted by Gasteiger charge is -2.18. The highest BCUT2D eigenvalue weighted by molar-refractivity contribution is 5.94. The van der Waals surface area contributed by atoms with Crippen LogP contribution in [0.2, 0.25) is 0 Å². The molecule has 0 aromatic heterocycles. The van der Waals surface area contributed by atoms with Crippen molar-refractivity contribution in [1.29, 1.82) is 0 Å². The number of aliphatic carboxylic acids is 1. The van der Waals surface area contributed by atoms with E-state index in [9.17, 15) is 14.7 Å². The van der Waals surface area contributed by atoms with Gasteiger partial charge in [-0.2, -0.15) is 0 Å². The highest BCUT2D eigenvalue weighted by atomic mass is 16.5. The number of aryl methyl sites for hydroxylation is 1. The minimum absolute atomic E-state index is 0.0701. The second-order valence-electron chi connectivity index (χ2n) is 5.79. The molecule has 1 aromatic rings. The SMILES string of the molecule is CCc1ccccc1NC(=O)C[C@@H]([NH2+]C[C@@H]1CCCO1)C(=O)[O-]. The molecule has 2 atom stereocenters. The van der Waals surface area contributed by atoms with Gasteiger partial charge in [-0.05, 0) is 30.9 Å². The summed E-state index contributed by atoms with van der Waals surface area (Å²) >= 11 is 0. The van der Waals surface area contributed by atoms with E-state index in [1.54, 1.807) is 5.32 Å². The van der Waals surface area contributed by atoms with Gasteiger partial charge in [0.1, 0.15) is 18.7 Å². The monoisotopic (exact) mass is 320 g/mol. The van der Waals surface area contributed by atoms with Crippen molar-refractivity contribution in [3.05, 3.63) is 29.8 Å². The summed E-state index contributed by atoms with van der Waals surface area (Å²) in [5.74, 6) is -1.54. The zero-order chi connectivity index (χ0) is 16.7. The maximum absolute atomic E-state index is 12.1. The molecule has 1 fully saturated rings. The van der Waals surface area contributed by atoms with E-state index in [0.717, 1.165) is 37.1 Å². The highest BCUT2D eigenvalue weighted by Crippen LogP contribution is 2.15. The van der Waals surface area contributed by atoms with E-state index in [2.05, 4.69) is 5.32 Å². The average molecular weight is 320 g/mol. The molecule has 0 aliphatic carbocycles. The Kier molecular flexibility index (Phi) is 6.55. The van der Waals surface area contributed by atoms with Gasteiger partial charge in [0.15, 0.2) is 0 Å². The fraction of sp³-hybridized carbons (Fsp3) is 0.529. The number of anilines is 1. The van der Waals surface area contributed by atoms with Gasteiger partial charge >= 0.3 is 0 Å². The van der Waals surface area contributed by atoms with Crippen molar-refractivity contribution in [2.45, 2.75) is 44.8 Å². The Hall–Kier alpha value is -1.92. The number of benzene rings is 1. The van der Waals surface area contributed by atoms with Gasteiger partial charge in [-0.15, -0.1) is 0 Å². The quantitative estimate of drug-likeness (QED) is 0.671. The standard InChI is InChI=1S/C17H24N2O4/c1-2-12-6-3-4-8-14(12)19-16(20)10-15(17(21)22)18-11-13-7-5-9-23-13/h3-4,6,8,13,15,18H,2,5,7,9-11H2,1H3,(H,19,20)(H,21,22)/t13-,15+/m0/s1. The lowest BCUT2D eigenvalue weighted by atomic mass is 10.1. The van der Waals surface area contributed by atoms with Crippen molar-refractivity contribution in [2.75, 3.05) is 18.5 Å². The number of nitrogens with two attached hydrogens (primary N) is 1. The Morgan fingerprint density at radius 2 is 2.22 bits per heavy atom. The Morgan fingerprint density at radius 1 is 1.43 bits per heavy atom. The first-order chi connectivity index (χ1) is 11.1. The second-order valence-corrected chi connectivity index (χ2v) is 5.79. The number of hydrogen-bond donors (Lipinski definition) is 2. The van der Waals surface area contributed by atoms with Crippen LogP contribution in [-0.4, -0.2) is 37.2 Å². The van der Waals surface area contributed by atoms with E-state index in [1.165, 1.54) is 0 Å². The zero-order valence-electron chi connectivity index (χ0n) is 13.4. The molecule has 0 unspecified atom stereocenters. The summed E-state index contributed by atoms with van der Waals surface area (Å²) < 4.78 is 5.47. The van der Waals surface area contributed by atoms with Crippen LogP contribution in [0.5, 0.6) is 0 Å². The average Bonchev–Trinajstić information content (AvgIpc) is 3.05. The molecular formula is C17H24N2O4. The number of carbonyl (C=O) groups is 2. The van der Waals surface area contributed by atoms with Crippen LogP contribution in [0.25, 0.3) is 0 Å². The fourth-order valence-corrected chi connectivity index (χ4v) is 2.76. The molecule has 0 bridgehead atoms. The number of ether oxygens (including phenoxy) is 1. The number of carboxylic acid groups (broad SMARTS) is 1. The lowest BCUT2D eigenvalue weighted by molar-refractivity contribution is -0.687. The first-order valence-electron chi connectivity index (χ1n) is 8.13. The van der Waals surface area contributed by atoms with Crippen molar-refractivity contribution in [2.24, 2.45) is 0 Å². The van der Waals surface area contributed by atoms with Crippen LogP contribution >= 0.6 is 0 Å². The van der Waals surface area contributed by atoms with E-state index >= 15 is 0 Å². The van der Waals surface area contributed by atoms with Crippen molar-refractivity contribution >= 4 is 17.6 Å². The molecule has 126 valence electrons. The van der Waals surface area contributed by atoms with E-state index in [1.807, 2.05) is 31.2 Å². The Bertz CT molecular complexity index is 541. The summed E-state index contributed by atoms with van der Waals surface area (Å²) in [4.78, 5) is 23.4. The summed E-state index contributed by atoms with van der Waals surface area (Å²) in [6.07, 6.45) is 2.69. The Balaban J connectivity index is 1.88. The molecule has 23 heavy (non-hydrogen) atoms. The number of nitrogens with one attached hydrogen (secondary N) is 1. The molecule has 1 aliphatic rings. The molecule has 6 heteroatoms. The molecule has 0 saturated carbocycles. The van der Waals surface area contributed by atoms with Gasteiger partial charge in [-0.25, -0.2) is 0 Å². The number of quaternary nitrogens is 1. The van der Waals surface area contributed by atoms with Gasteiger partial charge in [0.2, 0.25) is 5.91 Å². The molecule has 6 nitrogen and oxygen atoms in total. The van der Waals surface area contributed by atoms with E-state index in [0.29, 0.717) is 6.54 Å². The van der Waals surface area contributed by atoms with Gasteiger partial charge in [-0.1, -0.05) is 25.1 Å². The summed E-state index contributed by atoms with van der Waals surface area (Å²) in [5, 5.41) is 15.7. The van der Waals surface area contributed by atoms with Gasteiger partial charge in [0.05, 0.1) is 12.4 Å². The van der Waals surface area contributed by atoms with E-state index in [4.69, 9.17) is 4.74 Å². The highest BCUT2D eigenvalue weighted by Gasteiger charge is 2.23. The smallest absolute Gasteiger partial charge is 0.230 e. The first-order valence-corrected chi connectivity index (χ1v) is 8.13. The van der Waals surface area contributed by atoms with Gasteiger partial charge in [0, 0.05) is 12.3 Å². The van der Waals surface area contributed by atoms with Crippen molar-refractivity contribution in [3.8, 4) is 0 Å². The summed E-state index contributed by atoms with van der Waals surface area (Å²) in [6, 6.07) is 6.62. The molecular weight excluding hydrogens is 296 g/mol. The maximum Gasteiger partial charge on any atom is 0.230 e. The predicted octanol–water partition coefficient (Wildman–Crippen LogP) is -0.561. The molecule has 0 radical (unpaired) electrons. The normalized spacial score (nSPS) is 18.6. The molecule has 1 amide bonds. The molecule has 1 aromatic carbocycles. The number of carbonyl (C=O) groups excluding carboxylic acids is 2. The summed E-state index contributed by atoms with van der Waals surface area (Å²) in [5.41, 5.74) is 1.76. The molecule has 1 saturated heterocycles. The number of amides is 1. The van der Waals surface area contributed by atoms with Crippen molar-refractivity contribution in [1.82, 2.24) is 0 Å². The van der Waals surface area contributed by atoms with E-state index < -0.39 is 12.0 Å².